The quantitative estimate of drug-likeness (QED) is 0.410. The average molecular weight is 584 g/mol. The summed E-state index contributed by atoms with van der Waals surface area (Å²) < 4.78 is 13.4. The van der Waals surface area contributed by atoms with Crippen LogP contribution in [-0.2, 0) is 16.1 Å². The molecule has 3 fully saturated rings. The molecular formula is C35H41N3O5. The van der Waals surface area contributed by atoms with Crippen LogP contribution >= 0.6 is 0 Å². The zero-order valence-electron chi connectivity index (χ0n) is 25.0. The van der Waals surface area contributed by atoms with Gasteiger partial charge in [0.2, 0.25) is 0 Å². The van der Waals surface area contributed by atoms with E-state index in [1.54, 1.807) is 19.2 Å². The smallest absolute Gasteiger partial charge is 0.335 e. The van der Waals surface area contributed by atoms with E-state index in [4.69, 9.17) is 9.47 Å². The molecule has 1 saturated carbocycles. The summed E-state index contributed by atoms with van der Waals surface area (Å²) in [7, 11) is 1.67. The van der Waals surface area contributed by atoms with Crippen LogP contribution in [0.4, 0.5) is 0 Å². The van der Waals surface area contributed by atoms with Gasteiger partial charge in [-0.3, -0.25) is 9.69 Å². The Kier molecular flexibility index (Phi) is 7.74. The van der Waals surface area contributed by atoms with Gasteiger partial charge in [-0.1, -0.05) is 25.3 Å². The van der Waals surface area contributed by atoms with Crippen LogP contribution in [0.3, 0.4) is 0 Å². The summed E-state index contributed by atoms with van der Waals surface area (Å²) in [5.41, 5.74) is 6.35. The lowest BCUT2D eigenvalue weighted by molar-refractivity contribution is -0.129. The molecule has 0 spiro atoms. The molecule has 1 amide bonds. The molecule has 0 unspecified atom stereocenters. The second kappa shape index (κ2) is 11.8. The summed E-state index contributed by atoms with van der Waals surface area (Å²) in [5.74, 6) is 0.280. The Morgan fingerprint density at radius 1 is 0.930 bits per heavy atom. The number of benzene rings is 2. The van der Waals surface area contributed by atoms with Crippen molar-refractivity contribution in [1.82, 2.24) is 14.4 Å². The van der Waals surface area contributed by atoms with E-state index >= 15 is 0 Å². The van der Waals surface area contributed by atoms with Gasteiger partial charge in [-0.2, -0.15) is 0 Å². The van der Waals surface area contributed by atoms with Crippen molar-refractivity contribution in [3.05, 3.63) is 58.7 Å². The van der Waals surface area contributed by atoms with E-state index < -0.39 is 5.97 Å². The van der Waals surface area contributed by atoms with Crippen LogP contribution in [0.1, 0.15) is 72.3 Å². The van der Waals surface area contributed by atoms with Crippen molar-refractivity contribution in [3.8, 4) is 17.0 Å². The molecule has 8 heteroatoms. The van der Waals surface area contributed by atoms with Gasteiger partial charge in [-0.05, 0) is 79.1 Å². The molecule has 2 saturated heterocycles. The summed E-state index contributed by atoms with van der Waals surface area (Å²) in [6.07, 6.45) is 9.88. The molecule has 0 atom stereocenters. The highest BCUT2D eigenvalue weighted by Gasteiger charge is 2.33. The molecular weight excluding hydrogens is 542 g/mol. The van der Waals surface area contributed by atoms with Crippen LogP contribution in [0.25, 0.3) is 28.2 Å². The number of hydrogen-bond acceptors (Lipinski definition) is 5. The Morgan fingerprint density at radius 2 is 1.70 bits per heavy atom. The lowest BCUT2D eigenvalue weighted by Gasteiger charge is -2.40. The number of carboxylic acid groups (broad SMARTS) is 1. The summed E-state index contributed by atoms with van der Waals surface area (Å²) in [5, 5.41) is 11.0. The van der Waals surface area contributed by atoms with Crippen molar-refractivity contribution >= 4 is 28.9 Å². The number of carboxylic acids is 1. The normalized spacial score (nSPS) is 20.3. The van der Waals surface area contributed by atoms with Gasteiger partial charge in [0, 0.05) is 54.3 Å². The molecule has 3 aliphatic heterocycles. The molecule has 7 rings (SSSR count). The van der Waals surface area contributed by atoms with Gasteiger partial charge in [0.1, 0.15) is 5.75 Å². The summed E-state index contributed by atoms with van der Waals surface area (Å²) >= 11 is 0. The number of morpholine rings is 1. The summed E-state index contributed by atoms with van der Waals surface area (Å²) in [4.78, 5) is 30.9. The zero-order chi connectivity index (χ0) is 29.5. The molecule has 1 aliphatic carbocycles. The second-order valence-corrected chi connectivity index (χ2v) is 12.5. The van der Waals surface area contributed by atoms with Gasteiger partial charge in [0.25, 0.3) is 5.91 Å². The van der Waals surface area contributed by atoms with Crippen LogP contribution in [-0.4, -0.2) is 83.9 Å². The predicted molar refractivity (Wildman–Crippen MR) is 167 cm³/mol. The van der Waals surface area contributed by atoms with E-state index in [-0.39, 0.29) is 11.5 Å². The Morgan fingerprint density at radius 3 is 2.42 bits per heavy atom. The first kappa shape index (κ1) is 28.2. The topological polar surface area (TPSA) is 84.2 Å². The number of aromatic nitrogens is 1. The van der Waals surface area contributed by atoms with Gasteiger partial charge < -0.3 is 24.0 Å². The largest absolute Gasteiger partial charge is 0.497 e. The van der Waals surface area contributed by atoms with Crippen molar-refractivity contribution in [1.29, 1.82) is 0 Å². The molecule has 3 aromatic rings. The molecule has 2 aromatic carbocycles. The van der Waals surface area contributed by atoms with Crippen LogP contribution in [0.5, 0.6) is 5.75 Å². The molecule has 43 heavy (non-hydrogen) atoms. The molecule has 8 nitrogen and oxygen atoms in total. The number of rotatable bonds is 5. The van der Waals surface area contributed by atoms with E-state index in [0.717, 1.165) is 104 Å². The number of amides is 1. The number of carbonyl (C=O) groups excluding carboxylic acids is 1. The highest BCUT2D eigenvalue weighted by molar-refractivity contribution is 6.03. The first-order chi connectivity index (χ1) is 21.0. The van der Waals surface area contributed by atoms with E-state index in [1.807, 2.05) is 23.1 Å². The number of ether oxygens (including phenoxy) is 2. The number of carbonyl (C=O) groups is 2. The fourth-order valence-corrected chi connectivity index (χ4v) is 7.88. The van der Waals surface area contributed by atoms with Crippen molar-refractivity contribution < 1.29 is 24.2 Å². The highest BCUT2D eigenvalue weighted by atomic mass is 16.5. The Bertz CT molecular complexity index is 1570. The minimum atomic E-state index is -0.939. The maximum Gasteiger partial charge on any atom is 0.335 e. The summed E-state index contributed by atoms with van der Waals surface area (Å²) in [6, 6.07) is 12.2. The first-order valence-corrected chi connectivity index (χ1v) is 15.9. The molecule has 4 aliphatic rings. The van der Waals surface area contributed by atoms with E-state index in [1.165, 1.54) is 24.8 Å². The van der Waals surface area contributed by atoms with Crippen LogP contribution in [0.2, 0.25) is 0 Å². The molecule has 4 heterocycles. The molecule has 1 N–H and O–H groups in total. The molecule has 226 valence electrons. The Hall–Kier alpha value is -3.62. The fraction of sp³-hybridized carbons (Fsp3) is 0.486. The number of aromatic carboxylic acids is 1. The van der Waals surface area contributed by atoms with Crippen molar-refractivity contribution in [2.45, 2.75) is 63.5 Å². The second-order valence-electron chi connectivity index (χ2n) is 12.5. The van der Waals surface area contributed by atoms with Gasteiger partial charge in [0.15, 0.2) is 0 Å². The number of hydrogen-bond donors (Lipinski definition) is 1. The van der Waals surface area contributed by atoms with E-state index in [0.29, 0.717) is 18.5 Å². The van der Waals surface area contributed by atoms with Gasteiger partial charge in [-0.15, -0.1) is 0 Å². The van der Waals surface area contributed by atoms with Crippen LogP contribution in [0.15, 0.2) is 42.0 Å². The van der Waals surface area contributed by atoms with Crippen molar-refractivity contribution in [3.63, 3.8) is 0 Å². The minimum Gasteiger partial charge on any atom is -0.497 e. The Balaban J connectivity index is 1.31. The maximum absolute atomic E-state index is 14.3. The lowest BCUT2D eigenvalue weighted by atomic mass is 9.81. The average Bonchev–Trinajstić information content (AvgIpc) is 3.27. The third-order valence-electron chi connectivity index (χ3n) is 10.1. The number of nitrogens with zero attached hydrogens (tertiary/aromatic N) is 3. The zero-order valence-corrected chi connectivity index (χ0v) is 25.0. The summed E-state index contributed by atoms with van der Waals surface area (Å²) in [6.45, 7) is 5.38. The SMILES string of the molecule is COc1ccc2c(c1)C=C(C(=O)N1CCC(N3CCOCC3)CC1)Cn1c-2c(C2CCCCC2)c2ccc(C(=O)O)cc21. The number of fused-ring (bicyclic) bond motifs is 5. The molecule has 0 bridgehead atoms. The minimum absolute atomic E-state index is 0.0671. The van der Waals surface area contributed by atoms with Crippen molar-refractivity contribution in [2.75, 3.05) is 46.5 Å². The number of piperidine rings is 1. The van der Waals surface area contributed by atoms with E-state index in [2.05, 4.69) is 21.6 Å². The predicted octanol–water partition coefficient (Wildman–Crippen LogP) is 5.78. The van der Waals surface area contributed by atoms with E-state index in [9.17, 15) is 14.7 Å². The van der Waals surface area contributed by atoms with Gasteiger partial charge >= 0.3 is 5.97 Å². The van der Waals surface area contributed by atoms with Crippen LogP contribution < -0.4 is 4.74 Å². The lowest BCUT2D eigenvalue weighted by Crippen LogP contribution is -2.50. The first-order valence-electron chi connectivity index (χ1n) is 15.9. The standard InChI is InChI=1S/C35H41N3O5/c1-42-28-8-10-29-25(20-28)19-26(34(39)37-13-11-27(12-14-37)36-15-17-43-18-16-36)22-38-31-21-24(35(40)41)7-9-30(31)32(33(29)38)23-5-3-2-4-6-23/h7-10,19-21,23,27H,2-6,11-18,22H2,1H3,(H,40,41). The molecule has 1 aromatic heterocycles. The third kappa shape index (κ3) is 5.25. The van der Waals surface area contributed by atoms with Gasteiger partial charge in [-0.25, -0.2) is 4.79 Å². The number of methoxy groups -OCH3 is 1. The van der Waals surface area contributed by atoms with Crippen molar-refractivity contribution in [2.24, 2.45) is 0 Å². The maximum atomic E-state index is 14.3. The number of likely N-dealkylation sites (tertiary alicyclic amines) is 1. The molecule has 0 radical (unpaired) electrons. The monoisotopic (exact) mass is 583 g/mol. The Labute approximate surface area is 252 Å². The van der Waals surface area contributed by atoms with Gasteiger partial charge in [0.05, 0.1) is 38.1 Å². The highest BCUT2D eigenvalue weighted by Crippen LogP contribution is 2.47. The van der Waals surface area contributed by atoms with Crippen LogP contribution in [0, 0.1) is 0 Å². The fourth-order valence-electron chi connectivity index (χ4n) is 7.88. The third-order valence-corrected chi connectivity index (χ3v) is 10.1.